The van der Waals surface area contributed by atoms with Crippen molar-refractivity contribution >= 4 is 6.08 Å². The van der Waals surface area contributed by atoms with Crippen LogP contribution in [0, 0.1) is 0 Å². The van der Waals surface area contributed by atoms with Gasteiger partial charge in [-0.2, -0.15) is 0 Å². The Morgan fingerprint density at radius 1 is 0.913 bits per heavy atom. The second-order valence-corrected chi connectivity index (χ2v) is 11.2. The number of ether oxygens (including phenoxy) is 4. The van der Waals surface area contributed by atoms with Crippen molar-refractivity contribution in [2.75, 3.05) is 20.8 Å². The monoisotopic (exact) mass is 620 g/mol. The third-order valence-electron chi connectivity index (χ3n) is 8.42. The maximum Gasteiger partial charge on any atom is 0.330 e. The molecule has 1 aliphatic carbocycles. The number of aliphatic hydroxyl groups excluding tert-OH is 1. The highest BCUT2D eigenvalue weighted by molar-refractivity contribution is 5.53. The summed E-state index contributed by atoms with van der Waals surface area (Å²) in [4.78, 5) is 27.8. The first-order valence-corrected chi connectivity index (χ1v) is 15.1. The molecule has 1 aliphatic heterocycles. The van der Waals surface area contributed by atoms with Crippen LogP contribution in [0.1, 0.15) is 41.3 Å². The summed E-state index contributed by atoms with van der Waals surface area (Å²) >= 11 is 0. The Balaban J connectivity index is 1.32. The molecule has 236 valence electrons. The van der Waals surface area contributed by atoms with Gasteiger partial charge in [0.2, 0.25) is 0 Å². The summed E-state index contributed by atoms with van der Waals surface area (Å²) in [5, 5.41) is 11.2. The van der Waals surface area contributed by atoms with Crippen LogP contribution in [-0.4, -0.2) is 47.7 Å². The number of benzene rings is 3. The van der Waals surface area contributed by atoms with Crippen molar-refractivity contribution in [3.8, 4) is 11.5 Å². The average Bonchev–Trinajstić information content (AvgIpc) is 3.75. The van der Waals surface area contributed by atoms with Gasteiger partial charge in [0.05, 0.1) is 32.5 Å². The molecule has 1 aromatic heterocycles. The van der Waals surface area contributed by atoms with Crippen LogP contribution in [0.25, 0.3) is 6.08 Å². The second kappa shape index (κ2) is 13.6. The van der Waals surface area contributed by atoms with Gasteiger partial charge in [0, 0.05) is 12.6 Å². The molecular weight excluding hydrogens is 584 g/mol. The Morgan fingerprint density at radius 2 is 1.54 bits per heavy atom. The van der Waals surface area contributed by atoms with Crippen molar-refractivity contribution in [2.24, 2.45) is 0 Å². The number of methoxy groups -OCH3 is 2. The summed E-state index contributed by atoms with van der Waals surface area (Å²) in [7, 11) is 3.23. The van der Waals surface area contributed by atoms with E-state index in [1.54, 1.807) is 20.3 Å². The second-order valence-electron chi connectivity index (χ2n) is 11.2. The number of H-pyrrole nitrogens is 1. The maximum absolute atomic E-state index is 12.9. The van der Waals surface area contributed by atoms with Gasteiger partial charge >= 0.3 is 5.69 Å². The Hall–Kier alpha value is -4.96. The number of hydrogen-bond acceptors (Lipinski definition) is 7. The SMILES string of the molecule is COc1ccc(C(OC[C@H]2O[C@@H](n3cc(/C=C\C4=CC=CC4)c(=O)[nH]c3=O)C[C@@H]2O)(c2ccccc2)c2ccc(OC)cc2)cc1. The van der Waals surface area contributed by atoms with E-state index in [1.165, 1.54) is 10.8 Å². The van der Waals surface area contributed by atoms with Gasteiger partial charge in [-0.25, -0.2) is 4.79 Å². The molecule has 4 aromatic rings. The first kappa shape index (κ1) is 31.0. The zero-order valence-corrected chi connectivity index (χ0v) is 25.7. The van der Waals surface area contributed by atoms with Crippen molar-refractivity contribution in [3.05, 3.63) is 158 Å². The molecule has 0 radical (unpaired) electrons. The van der Waals surface area contributed by atoms with E-state index in [4.69, 9.17) is 18.9 Å². The molecule has 0 amide bonds. The van der Waals surface area contributed by atoms with Crippen LogP contribution < -0.4 is 20.7 Å². The number of rotatable bonds is 11. The Labute approximate surface area is 266 Å². The lowest BCUT2D eigenvalue weighted by atomic mass is 9.80. The third kappa shape index (κ3) is 6.25. The lowest BCUT2D eigenvalue weighted by Gasteiger charge is -2.37. The lowest BCUT2D eigenvalue weighted by Crippen LogP contribution is -2.38. The van der Waals surface area contributed by atoms with E-state index in [9.17, 15) is 14.7 Å². The van der Waals surface area contributed by atoms with Crippen LogP contribution in [0.5, 0.6) is 11.5 Å². The van der Waals surface area contributed by atoms with Crippen LogP contribution in [-0.2, 0) is 15.1 Å². The van der Waals surface area contributed by atoms with Crippen LogP contribution in [0.2, 0.25) is 0 Å². The predicted molar refractivity (Wildman–Crippen MR) is 175 cm³/mol. The summed E-state index contributed by atoms with van der Waals surface area (Å²) in [5.41, 5.74) is 1.72. The van der Waals surface area contributed by atoms with E-state index in [0.717, 1.165) is 28.7 Å². The van der Waals surface area contributed by atoms with E-state index in [-0.39, 0.29) is 13.0 Å². The van der Waals surface area contributed by atoms with Crippen molar-refractivity contribution in [3.63, 3.8) is 0 Å². The summed E-state index contributed by atoms with van der Waals surface area (Å²) in [5.74, 6) is 1.41. The summed E-state index contributed by atoms with van der Waals surface area (Å²) in [6, 6.07) is 25.2. The molecule has 0 bridgehead atoms. The number of aromatic amines is 1. The number of aromatic nitrogens is 2. The van der Waals surface area contributed by atoms with Gasteiger partial charge in [-0.15, -0.1) is 0 Å². The van der Waals surface area contributed by atoms with Gasteiger partial charge < -0.3 is 24.1 Å². The molecule has 3 aromatic carbocycles. The molecule has 2 aliphatic rings. The third-order valence-corrected chi connectivity index (χ3v) is 8.42. The van der Waals surface area contributed by atoms with E-state index in [1.807, 2.05) is 103 Å². The smallest absolute Gasteiger partial charge is 0.330 e. The Bertz CT molecular complexity index is 1810. The number of allylic oxidation sites excluding steroid dienone is 5. The molecule has 0 spiro atoms. The fourth-order valence-corrected chi connectivity index (χ4v) is 5.94. The molecule has 0 saturated carbocycles. The molecule has 0 unspecified atom stereocenters. The van der Waals surface area contributed by atoms with E-state index < -0.39 is 35.3 Å². The molecule has 9 heteroatoms. The van der Waals surface area contributed by atoms with Crippen LogP contribution >= 0.6 is 0 Å². The van der Waals surface area contributed by atoms with Crippen molar-refractivity contribution in [1.82, 2.24) is 9.55 Å². The van der Waals surface area contributed by atoms with Gasteiger partial charge in [-0.05, 0) is 59.0 Å². The Kier molecular flexibility index (Phi) is 9.16. The van der Waals surface area contributed by atoms with E-state index >= 15 is 0 Å². The highest BCUT2D eigenvalue weighted by Crippen LogP contribution is 2.42. The molecule has 1 saturated heterocycles. The van der Waals surface area contributed by atoms with Crippen LogP contribution in [0.15, 0.2) is 125 Å². The van der Waals surface area contributed by atoms with Gasteiger partial charge in [0.1, 0.15) is 29.4 Å². The van der Waals surface area contributed by atoms with Crippen molar-refractivity contribution in [2.45, 2.75) is 36.9 Å². The van der Waals surface area contributed by atoms with Gasteiger partial charge in [0.15, 0.2) is 0 Å². The quantitative estimate of drug-likeness (QED) is 0.224. The zero-order valence-electron chi connectivity index (χ0n) is 25.7. The summed E-state index contributed by atoms with van der Waals surface area (Å²) in [6.07, 6.45) is 9.37. The Morgan fingerprint density at radius 3 is 2.13 bits per heavy atom. The first-order valence-electron chi connectivity index (χ1n) is 15.1. The number of nitrogens with zero attached hydrogens (tertiary/aromatic N) is 1. The highest BCUT2D eigenvalue weighted by atomic mass is 16.6. The summed E-state index contributed by atoms with van der Waals surface area (Å²) in [6.45, 7) is -0.00334. The van der Waals surface area contributed by atoms with Gasteiger partial charge in [-0.1, -0.05) is 78.9 Å². The number of aliphatic hydroxyl groups is 1. The lowest BCUT2D eigenvalue weighted by molar-refractivity contribution is -0.0944. The molecule has 6 rings (SSSR count). The standard InChI is InChI=1S/C37H36N2O7/c1-43-30-18-14-28(15-19-30)37(27-10-4-3-5-11-27,29-16-20-31(44-2)21-17-29)45-24-33-32(40)22-34(46-33)39-23-26(35(41)38-36(39)42)13-12-25-8-6-7-9-25/h3-8,10-21,23,32-34,40H,9,22,24H2,1-2H3,(H,38,41,42)/b13-12-/t32-,33+,34+/m0/s1. The number of hydrogen-bond donors (Lipinski definition) is 2. The predicted octanol–water partition coefficient (Wildman–Crippen LogP) is 5.11. The van der Waals surface area contributed by atoms with E-state index in [0.29, 0.717) is 17.1 Å². The minimum Gasteiger partial charge on any atom is -0.497 e. The highest BCUT2D eigenvalue weighted by Gasteiger charge is 2.42. The molecule has 2 N–H and O–H groups in total. The molecular formula is C37H36N2O7. The number of nitrogens with one attached hydrogen (secondary N) is 1. The minimum absolute atomic E-state index is 0.00334. The van der Waals surface area contributed by atoms with E-state index in [2.05, 4.69) is 4.98 Å². The molecule has 3 atom stereocenters. The van der Waals surface area contributed by atoms with Gasteiger partial charge in [-0.3, -0.25) is 14.3 Å². The van der Waals surface area contributed by atoms with Crippen molar-refractivity contribution < 1.29 is 24.1 Å². The summed E-state index contributed by atoms with van der Waals surface area (Å²) < 4.78 is 25.4. The minimum atomic E-state index is -1.10. The molecule has 2 heterocycles. The fourth-order valence-electron chi connectivity index (χ4n) is 5.94. The zero-order chi connectivity index (χ0) is 32.1. The van der Waals surface area contributed by atoms with Crippen molar-refractivity contribution in [1.29, 1.82) is 0 Å². The topological polar surface area (TPSA) is 112 Å². The van der Waals surface area contributed by atoms with Gasteiger partial charge in [0.25, 0.3) is 5.56 Å². The molecule has 1 fully saturated rings. The first-order chi connectivity index (χ1) is 22.4. The van der Waals surface area contributed by atoms with Crippen LogP contribution in [0.4, 0.5) is 0 Å². The fraction of sp³-hybridized carbons (Fsp3) is 0.243. The largest absolute Gasteiger partial charge is 0.497 e. The normalized spacial score (nSPS) is 19.5. The average molecular weight is 621 g/mol. The molecule has 9 nitrogen and oxygen atoms in total. The molecule has 46 heavy (non-hydrogen) atoms. The van der Waals surface area contributed by atoms with Crippen LogP contribution in [0.3, 0.4) is 0 Å². The maximum atomic E-state index is 12.9.